The predicted octanol–water partition coefficient (Wildman–Crippen LogP) is 3.11. The predicted molar refractivity (Wildman–Crippen MR) is 94.6 cm³/mol. The van der Waals surface area contributed by atoms with E-state index in [0.717, 1.165) is 55.0 Å². The first-order chi connectivity index (χ1) is 11.3. The lowest BCUT2D eigenvalue weighted by Crippen LogP contribution is -2.33. The Hall–Kier alpha value is -1.71. The van der Waals surface area contributed by atoms with Crippen LogP contribution in [0.4, 0.5) is 5.69 Å². The van der Waals surface area contributed by atoms with Crippen molar-refractivity contribution in [1.82, 2.24) is 9.55 Å². The molecule has 0 saturated carbocycles. The van der Waals surface area contributed by atoms with Crippen molar-refractivity contribution in [1.29, 1.82) is 5.26 Å². The highest BCUT2D eigenvalue weighted by Gasteiger charge is 2.19. The standard InChI is InChI=1S/C17H22N4OS/c1-23-9-8-22-13-21-7-4-15-10-16(12-19-17(15)21)20-5-2-14(11-18)3-6-20/h4,7,10,12,14H,2-3,5-6,8-9,13H2,1H3. The molecule has 0 aliphatic carbocycles. The Labute approximate surface area is 141 Å². The lowest BCUT2D eigenvalue weighted by molar-refractivity contribution is 0.0927. The van der Waals surface area contributed by atoms with Gasteiger partial charge in [0.25, 0.3) is 0 Å². The summed E-state index contributed by atoms with van der Waals surface area (Å²) in [6.07, 6.45) is 7.93. The quantitative estimate of drug-likeness (QED) is 0.762. The number of hydrogen-bond acceptors (Lipinski definition) is 5. The molecule has 0 amide bonds. The van der Waals surface area contributed by atoms with E-state index in [2.05, 4.69) is 34.3 Å². The number of fused-ring (bicyclic) bond motifs is 1. The highest BCUT2D eigenvalue weighted by atomic mass is 32.2. The van der Waals surface area contributed by atoms with Crippen molar-refractivity contribution in [3.05, 3.63) is 24.5 Å². The summed E-state index contributed by atoms with van der Waals surface area (Å²) in [6.45, 7) is 3.17. The molecule has 3 rings (SSSR count). The van der Waals surface area contributed by atoms with Gasteiger partial charge in [0, 0.05) is 36.3 Å². The summed E-state index contributed by atoms with van der Waals surface area (Å²) in [5.74, 6) is 1.22. The molecule has 0 atom stereocenters. The van der Waals surface area contributed by atoms with E-state index in [1.165, 1.54) is 0 Å². The van der Waals surface area contributed by atoms with Crippen LogP contribution in [0, 0.1) is 17.2 Å². The van der Waals surface area contributed by atoms with Crippen LogP contribution in [-0.2, 0) is 11.5 Å². The van der Waals surface area contributed by atoms with Crippen LogP contribution in [0.3, 0.4) is 0 Å². The second-order valence-corrected chi connectivity index (χ2v) is 6.80. The molecule has 3 heterocycles. The van der Waals surface area contributed by atoms with E-state index in [4.69, 9.17) is 10.00 Å². The van der Waals surface area contributed by atoms with Crippen LogP contribution in [-0.4, -0.2) is 41.3 Å². The smallest absolute Gasteiger partial charge is 0.141 e. The van der Waals surface area contributed by atoms with Crippen LogP contribution < -0.4 is 4.90 Å². The monoisotopic (exact) mass is 330 g/mol. The molecule has 0 radical (unpaired) electrons. The van der Waals surface area contributed by atoms with Gasteiger partial charge in [-0.15, -0.1) is 0 Å². The van der Waals surface area contributed by atoms with Crippen molar-refractivity contribution in [2.75, 3.05) is 36.6 Å². The van der Waals surface area contributed by atoms with Gasteiger partial charge >= 0.3 is 0 Å². The number of ether oxygens (including phenoxy) is 1. The van der Waals surface area contributed by atoms with Gasteiger partial charge < -0.3 is 14.2 Å². The molecule has 23 heavy (non-hydrogen) atoms. The molecule has 6 heteroatoms. The van der Waals surface area contributed by atoms with E-state index in [9.17, 15) is 0 Å². The van der Waals surface area contributed by atoms with E-state index in [1.807, 2.05) is 17.0 Å². The van der Waals surface area contributed by atoms with Crippen molar-refractivity contribution in [3.8, 4) is 6.07 Å². The van der Waals surface area contributed by atoms with Gasteiger partial charge in [-0.2, -0.15) is 17.0 Å². The van der Waals surface area contributed by atoms with Gasteiger partial charge in [0.15, 0.2) is 0 Å². The van der Waals surface area contributed by atoms with Crippen LogP contribution >= 0.6 is 11.8 Å². The average molecular weight is 330 g/mol. The van der Waals surface area contributed by atoms with Gasteiger partial charge in [0.05, 0.1) is 24.6 Å². The summed E-state index contributed by atoms with van der Waals surface area (Å²) in [7, 11) is 0. The third kappa shape index (κ3) is 3.80. The first-order valence-electron chi connectivity index (χ1n) is 7.98. The minimum Gasteiger partial charge on any atom is -0.370 e. The van der Waals surface area contributed by atoms with Gasteiger partial charge in [-0.3, -0.25) is 0 Å². The summed E-state index contributed by atoms with van der Waals surface area (Å²) in [5.41, 5.74) is 2.11. The molecule has 0 bridgehead atoms. The summed E-state index contributed by atoms with van der Waals surface area (Å²) >= 11 is 1.79. The number of nitriles is 1. The number of piperidine rings is 1. The first kappa shape index (κ1) is 16.2. The third-order valence-electron chi connectivity index (χ3n) is 4.29. The van der Waals surface area contributed by atoms with Crippen molar-refractivity contribution < 1.29 is 4.74 Å². The van der Waals surface area contributed by atoms with Gasteiger partial charge in [-0.05, 0) is 31.2 Å². The Morgan fingerprint density at radius 2 is 2.26 bits per heavy atom. The summed E-state index contributed by atoms with van der Waals surface area (Å²) in [6, 6.07) is 6.65. The fourth-order valence-corrected chi connectivity index (χ4v) is 3.20. The molecule has 1 aliphatic heterocycles. The zero-order valence-electron chi connectivity index (χ0n) is 13.4. The maximum absolute atomic E-state index is 9.00. The maximum atomic E-state index is 9.00. The van der Waals surface area contributed by atoms with E-state index >= 15 is 0 Å². The molecule has 2 aromatic rings. The SMILES string of the molecule is CSCCOCn1ccc2cc(N3CCC(C#N)CC3)cnc21. The zero-order chi connectivity index (χ0) is 16.1. The molecule has 1 aliphatic rings. The summed E-state index contributed by atoms with van der Waals surface area (Å²) in [4.78, 5) is 6.95. The van der Waals surface area contributed by atoms with Crippen molar-refractivity contribution >= 4 is 28.5 Å². The largest absolute Gasteiger partial charge is 0.370 e. The molecule has 0 unspecified atom stereocenters. The minimum absolute atomic E-state index is 0.211. The van der Waals surface area contributed by atoms with Crippen LogP contribution in [0.25, 0.3) is 11.0 Å². The molecule has 1 saturated heterocycles. The van der Waals surface area contributed by atoms with Gasteiger partial charge in [-0.1, -0.05) is 0 Å². The Morgan fingerprint density at radius 3 is 3.00 bits per heavy atom. The first-order valence-corrected chi connectivity index (χ1v) is 9.37. The Bertz CT molecular complexity index is 685. The maximum Gasteiger partial charge on any atom is 0.141 e. The van der Waals surface area contributed by atoms with E-state index in [-0.39, 0.29) is 5.92 Å². The molecule has 122 valence electrons. The van der Waals surface area contributed by atoms with Crippen LogP contribution in [0.2, 0.25) is 0 Å². The molecule has 1 fully saturated rings. The Balaban J connectivity index is 1.67. The van der Waals surface area contributed by atoms with E-state index in [1.54, 1.807) is 11.8 Å². The number of nitrogens with zero attached hydrogens (tertiary/aromatic N) is 4. The number of aromatic nitrogens is 2. The molecule has 0 N–H and O–H groups in total. The number of hydrogen-bond donors (Lipinski definition) is 0. The fourth-order valence-electron chi connectivity index (χ4n) is 2.92. The van der Waals surface area contributed by atoms with E-state index in [0.29, 0.717) is 6.73 Å². The number of anilines is 1. The molecule has 0 aromatic carbocycles. The zero-order valence-corrected chi connectivity index (χ0v) is 14.3. The fraction of sp³-hybridized carbons (Fsp3) is 0.529. The Kier molecular flexibility index (Phi) is 5.42. The van der Waals surface area contributed by atoms with Crippen molar-refractivity contribution in [2.24, 2.45) is 5.92 Å². The van der Waals surface area contributed by atoms with Crippen LogP contribution in [0.1, 0.15) is 12.8 Å². The van der Waals surface area contributed by atoms with Gasteiger partial charge in [-0.25, -0.2) is 4.98 Å². The minimum atomic E-state index is 0.211. The molecular weight excluding hydrogens is 308 g/mol. The number of rotatable bonds is 6. The third-order valence-corrected chi connectivity index (χ3v) is 4.87. The normalized spacial score (nSPS) is 15.9. The van der Waals surface area contributed by atoms with E-state index < -0.39 is 0 Å². The topological polar surface area (TPSA) is 54.1 Å². The molecular formula is C17H22N4OS. The molecule has 5 nitrogen and oxygen atoms in total. The molecule has 2 aromatic heterocycles. The molecule has 0 spiro atoms. The number of thioether (sulfide) groups is 1. The van der Waals surface area contributed by atoms with Gasteiger partial charge in [0.1, 0.15) is 12.4 Å². The van der Waals surface area contributed by atoms with Crippen LogP contribution in [0.15, 0.2) is 24.5 Å². The highest BCUT2D eigenvalue weighted by molar-refractivity contribution is 7.98. The van der Waals surface area contributed by atoms with Crippen molar-refractivity contribution in [3.63, 3.8) is 0 Å². The van der Waals surface area contributed by atoms with Gasteiger partial charge in [0.2, 0.25) is 0 Å². The average Bonchev–Trinajstić information content (AvgIpc) is 3.01. The Morgan fingerprint density at radius 1 is 1.43 bits per heavy atom. The summed E-state index contributed by atoms with van der Waals surface area (Å²) < 4.78 is 7.70. The second-order valence-electron chi connectivity index (χ2n) is 5.81. The lowest BCUT2D eigenvalue weighted by atomic mass is 9.98. The van der Waals surface area contributed by atoms with Crippen LogP contribution in [0.5, 0.6) is 0 Å². The second kappa shape index (κ2) is 7.71. The summed E-state index contributed by atoms with van der Waals surface area (Å²) in [5, 5.41) is 10.1. The lowest BCUT2D eigenvalue weighted by Gasteiger charge is -2.30. The highest BCUT2D eigenvalue weighted by Crippen LogP contribution is 2.25. The van der Waals surface area contributed by atoms with Crippen molar-refractivity contribution in [2.45, 2.75) is 19.6 Å². The number of pyridine rings is 1.